The molecule has 0 aromatic heterocycles. The Hall–Kier alpha value is -1.39. The predicted molar refractivity (Wildman–Crippen MR) is 97.6 cm³/mol. The molecule has 2 fully saturated rings. The molecule has 1 unspecified atom stereocenters. The number of rotatable bonds is 5. The van der Waals surface area contributed by atoms with Crippen LogP contribution >= 0.6 is 0 Å². The van der Waals surface area contributed by atoms with Crippen LogP contribution in [-0.2, 0) is 17.9 Å². The Morgan fingerprint density at radius 1 is 1.12 bits per heavy atom. The number of hydrogen-bond acceptors (Lipinski definition) is 3. The summed E-state index contributed by atoms with van der Waals surface area (Å²) >= 11 is 0. The average molecular weight is 329 g/mol. The van der Waals surface area contributed by atoms with Crippen LogP contribution in [0.4, 0.5) is 0 Å². The molecule has 4 heteroatoms. The van der Waals surface area contributed by atoms with Gasteiger partial charge < -0.3 is 10.6 Å². The molecule has 3 rings (SSSR count). The van der Waals surface area contributed by atoms with Gasteiger partial charge in [-0.15, -0.1) is 0 Å². The molecule has 1 amide bonds. The third-order valence-corrected chi connectivity index (χ3v) is 5.48. The van der Waals surface area contributed by atoms with Crippen molar-refractivity contribution >= 4 is 5.91 Å². The monoisotopic (exact) mass is 329 g/mol. The van der Waals surface area contributed by atoms with Crippen LogP contribution in [0.15, 0.2) is 24.3 Å². The molecule has 0 radical (unpaired) electrons. The second-order valence-corrected chi connectivity index (χ2v) is 7.68. The third-order valence-electron chi connectivity index (χ3n) is 5.48. The molecule has 24 heavy (non-hydrogen) atoms. The molecule has 0 spiro atoms. The van der Waals surface area contributed by atoms with Crippen LogP contribution in [0.2, 0.25) is 0 Å². The van der Waals surface area contributed by atoms with Crippen LogP contribution in [-0.4, -0.2) is 37.0 Å². The van der Waals surface area contributed by atoms with E-state index < -0.39 is 0 Å². The van der Waals surface area contributed by atoms with Gasteiger partial charge in [-0.05, 0) is 63.4 Å². The molecular weight excluding hydrogens is 298 g/mol. The highest BCUT2D eigenvalue weighted by molar-refractivity contribution is 5.82. The molecule has 1 aromatic carbocycles. The van der Waals surface area contributed by atoms with Crippen LogP contribution in [0.25, 0.3) is 0 Å². The summed E-state index contributed by atoms with van der Waals surface area (Å²) in [5.74, 6) is 0.173. The first-order valence-electron chi connectivity index (χ1n) is 9.45. The fourth-order valence-corrected chi connectivity index (χ4v) is 3.78. The highest BCUT2D eigenvalue weighted by Gasteiger charge is 2.34. The lowest BCUT2D eigenvalue weighted by molar-refractivity contribution is -0.131. The molecule has 2 N–H and O–H groups in total. The minimum absolute atomic E-state index is 0.173. The predicted octanol–water partition coefficient (Wildman–Crippen LogP) is 2.68. The Morgan fingerprint density at radius 3 is 2.50 bits per heavy atom. The number of carbonyl (C=O) groups excluding carboxylic acids is 1. The minimum atomic E-state index is -0.257. The topological polar surface area (TPSA) is 44.4 Å². The Balaban J connectivity index is 1.48. The summed E-state index contributed by atoms with van der Waals surface area (Å²) in [5, 5.41) is 6.46. The van der Waals surface area contributed by atoms with Crippen LogP contribution < -0.4 is 10.6 Å². The average Bonchev–Trinajstić information content (AvgIpc) is 2.62. The van der Waals surface area contributed by atoms with E-state index in [1.165, 1.54) is 43.5 Å². The number of likely N-dealkylation sites (tertiary alicyclic amines) is 1. The van der Waals surface area contributed by atoms with E-state index in [1.54, 1.807) is 0 Å². The number of piperidine rings is 2. The summed E-state index contributed by atoms with van der Waals surface area (Å²) in [4.78, 5) is 15.0. The van der Waals surface area contributed by atoms with Crippen molar-refractivity contribution in [3.05, 3.63) is 35.4 Å². The van der Waals surface area contributed by atoms with Gasteiger partial charge in [0.1, 0.15) is 0 Å². The number of nitrogens with one attached hydrogen (secondary N) is 2. The molecule has 2 aliphatic heterocycles. The lowest BCUT2D eigenvalue weighted by Crippen LogP contribution is -2.48. The van der Waals surface area contributed by atoms with Gasteiger partial charge in [0.2, 0.25) is 5.91 Å². The highest BCUT2D eigenvalue weighted by Crippen LogP contribution is 2.25. The lowest BCUT2D eigenvalue weighted by atomic mass is 9.82. The Kier molecular flexibility index (Phi) is 5.90. The van der Waals surface area contributed by atoms with Crippen molar-refractivity contribution in [1.29, 1.82) is 0 Å². The number of benzene rings is 1. The van der Waals surface area contributed by atoms with Crippen molar-refractivity contribution in [1.82, 2.24) is 15.5 Å². The van der Waals surface area contributed by atoms with Crippen molar-refractivity contribution in [2.24, 2.45) is 5.41 Å². The van der Waals surface area contributed by atoms with Gasteiger partial charge in [-0.2, -0.15) is 0 Å². The highest BCUT2D eigenvalue weighted by atomic mass is 16.2. The summed E-state index contributed by atoms with van der Waals surface area (Å²) in [7, 11) is 0. The van der Waals surface area contributed by atoms with E-state index >= 15 is 0 Å². The van der Waals surface area contributed by atoms with Gasteiger partial charge in [-0.25, -0.2) is 0 Å². The zero-order valence-corrected chi connectivity index (χ0v) is 14.9. The molecule has 0 saturated carbocycles. The standard InChI is InChI=1S/C20H31N3O/c1-20(10-5-11-21-16-20)19(24)22-14-17-6-8-18(9-7-17)15-23-12-3-2-4-13-23/h6-9,21H,2-5,10-16H2,1H3,(H,22,24). The molecular formula is C20H31N3O. The van der Waals surface area contributed by atoms with Crippen LogP contribution in [0.3, 0.4) is 0 Å². The van der Waals surface area contributed by atoms with Gasteiger partial charge in [-0.1, -0.05) is 30.7 Å². The zero-order valence-electron chi connectivity index (χ0n) is 14.9. The first-order chi connectivity index (χ1) is 11.7. The van der Waals surface area contributed by atoms with E-state index in [4.69, 9.17) is 0 Å². The molecule has 2 saturated heterocycles. The Labute approximate surface area is 146 Å². The molecule has 2 heterocycles. The smallest absolute Gasteiger partial charge is 0.227 e. The lowest BCUT2D eigenvalue weighted by Gasteiger charge is -2.32. The van der Waals surface area contributed by atoms with Gasteiger partial charge in [0.15, 0.2) is 0 Å². The van der Waals surface area contributed by atoms with Gasteiger partial charge in [0.25, 0.3) is 0 Å². The SMILES string of the molecule is CC1(C(=O)NCc2ccc(CN3CCCCC3)cc2)CCCNC1. The maximum atomic E-state index is 12.5. The van der Waals surface area contributed by atoms with Crippen molar-refractivity contribution in [2.45, 2.75) is 52.1 Å². The second kappa shape index (κ2) is 8.13. The molecule has 0 aliphatic carbocycles. The first-order valence-corrected chi connectivity index (χ1v) is 9.45. The van der Waals surface area contributed by atoms with E-state index in [-0.39, 0.29) is 11.3 Å². The molecule has 0 bridgehead atoms. The first kappa shape index (κ1) is 17.4. The summed E-state index contributed by atoms with van der Waals surface area (Å²) in [6, 6.07) is 8.72. The van der Waals surface area contributed by atoms with E-state index in [0.29, 0.717) is 6.54 Å². The van der Waals surface area contributed by atoms with E-state index in [0.717, 1.165) is 32.5 Å². The summed E-state index contributed by atoms with van der Waals surface area (Å²) in [6.07, 6.45) is 6.09. The van der Waals surface area contributed by atoms with Crippen molar-refractivity contribution in [2.75, 3.05) is 26.2 Å². The van der Waals surface area contributed by atoms with Crippen LogP contribution in [0, 0.1) is 5.41 Å². The fourth-order valence-electron chi connectivity index (χ4n) is 3.78. The number of nitrogens with zero attached hydrogens (tertiary/aromatic N) is 1. The van der Waals surface area contributed by atoms with Crippen LogP contribution in [0.5, 0.6) is 0 Å². The number of carbonyl (C=O) groups is 1. The summed E-state index contributed by atoms with van der Waals surface area (Å²) in [6.45, 7) is 8.01. The van der Waals surface area contributed by atoms with Crippen molar-refractivity contribution in [3.8, 4) is 0 Å². The maximum Gasteiger partial charge on any atom is 0.227 e. The summed E-state index contributed by atoms with van der Waals surface area (Å²) in [5.41, 5.74) is 2.29. The molecule has 132 valence electrons. The minimum Gasteiger partial charge on any atom is -0.352 e. The Bertz CT molecular complexity index is 528. The summed E-state index contributed by atoms with van der Waals surface area (Å²) < 4.78 is 0. The third kappa shape index (κ3) is 4.58. The largest absolute Gasteiger partial charge is 0.352 e. The van der Waals surface area contributed by atoms with Crippen LogP contribution in [0.1, 0.15) is 50.2 Å². The zero-order chi connectivity index (χ0) is 16.8. The van der Waals surface area contributed by atoms with E-state index in [9.17, 15) is 4.79 Å². The van der Waals surface area contributed by atoms with E-state index in [1.807, 2.05) is 0 Å². The second-order valence-electron chi connectivity index (χ2n) is 7.68. The van der Waals surface area contributed by atoms with Crippen molar-refractivity contribution < 1.29 is 4.79 Å². The number of amides is 1. The number of hydrogen-bond donors (Lipinski definition) is 2. The van der Waals surface area contributed by atoms with E-state index in [2.05, 4.69) is 46.7 Å². The molecule has 1 aromatic rings. The molecule has 2 aliphatic rings. The van der Waals surface area contributed by atoms with Gasteiger partial charge >= 0.3 is 0 Å². The maximum absolute atomic E-state index is 12.5. The normalized spacial score (nSPS) is 25.4. The quantitative estimate of drug-likeness (QED) is 0.873. The fraction of sp³-hybridized carbons (Fsp3) is 0.650. The van der Waals surface area contributed by atoms with Gasteiger partial charge in [0.05, 0.1) is 5.41 Å². The van der Waals surface area contributed by atoms with Gasteiger partial charge in [0, 0.05) is 19.6 Å². The molecule has 1 atom stereocenters. The Morgan fingerprint density at radius 2 is 1.83 bits per heavy atom. The van der Waals surface area contributed by atoms with Crippen molar-refractivity contribution in [3.63, 3.8) is 0 Å². The molecule has 4 nitrogen and oxygen atoms in total. The van der Waals surface area contributed by atoms with Gasteiger partial charge in [-0.3, -0.25) is 9.69 Å².